The van der Waals surface area contributed by atoms with Crippen molar-refractivity contribution in [2.75, 3.05) is 38.1 Å². The number of halogens is 1. The molecule has 27 heavy (non-hydrogen) atoms. The normalized spacial score (nSPS) is 15.7. The molecule has 1 aromatic heterocycles. The van der Waals surface area contributed by atoms with E-state index in [9.17, 15) is 9.18 Å². The van der Waals surface area contributed by atoms with Gasteiger partial charge in [-0.15, -0.1) is 0 Å². The largest absolute Gasteiger partial charge is 0.367 e. The van der Waals surface area contributed by atoms with Gasteiger partial charge in [0.25, 0.3) is 5.56 Å². The van der Waals surface area contributed by atoms with Gasteiger partial charge in [-0.25, -0.2) is 9.37 Å². The third-order valence-corrected chi connectivity index (χ3v) is 4.87. The molecule has 1 aliphatic rings. The van der Waals surface area contributed by atoms with Crippen LogP contribution in [0.25, 0.3) is 23.1 Å². The highest BCUT2D eigenvalue weighted by atomic mass is 19.1. The molecule has 2 aromatic carbocycles. The summed E-state index contributed by atoms with van der Waals surface area (Å²) >= 11 is 0. The van der Waals surface area contributed by atoms with Crippen LogP contribution in [0.4, 0.5) is 10.1 Å². The van der Waals surface area contributed by atoms with Crippen molar-refractivity contribution < 1.29 is 4.39 Å². The van der Waals surface area contributed by atoms with Crippen LogP contribution < -0.4 is 10.5 Å². The molecule has 1 saturated heterocycles. The van der Waals surface area contributed by atoms with Crippen LogP contribution in [0.3, 0.4) is 0 Å². The molecular formula is C21H21FN4O. The first-order valence-corrected chi connectivity index (χ1v) is 9.00. The smallest absolute Gasteiger partial charge is 0.259 e. The molecule has 0 saturated carbocycles. The summed E-state index contributed by atoms with van der Waals surface area (Å²) in [5.74, 6) is 0.0687. The van der Waals surface area contributed by atoms with E-state index in [0.29, 0.717) is 17.0 Å². The van der Waals surface area contributed by atoms with Crippen LogP contribution in [-0.2, 0) is 0 Å². The first kappa shape index (κ1) is 17.4. The number of aromatic nitrogens is 2. The van der Waals surface area contributed by atoms with E-state index < -0.39 is 0 Å². The molecular weight excluding hydrogens is 343 g/mol. The van der Waals surface area contributed by atoms with Crippen LogP contribution >= 0.6 is 0 Å². The quantitative estimate of drug-likeness (QED) is 0.776. The predicted molar refractivity (Wildman–Crippen MR) is 107 cm³/mol. The lowest BCUT2D eigenvalue weighted by Gasteiger charge is -2.34. The van der Waals surface area contributed by atoms with Crippen molar-refractivity contribution >= 4 is 28.7 Å². The van der Waals surface area contributed by atoms with Crippen molar-refractivity contribution in [1.82, 2.24) is 14.9 Å². The fraction of sp³-hybridized carbons (Fsp3) is 0.238. The van der Waals surface area contributed by atoms with Crippen LogP contribution in [0.1, 0.15) is 11.4 Å². The van der Waals surface area contributed by atoms with Crippen LogP contribution in [0.5, 0.6) is 0 Å². The van der Waals surface area contributed by atoms with E-state index in [0.717, 1.165) is 31.7 Å². The van der Waals surface area contributed by atoms with Crippen molar-refractivity contribution in [2.24, 2.45) is 0 Å². The fourth-order valence-corrected chi connectivity index (χ4v) is 3.27. The molecule has 1 N–H and O–H groups in total. The zero-order valence-corrected chi connectivity index (χ0v) is 15.2. The number of fused-ring (bicyclic) bond motifs is 1. The highest BCUT2D eigenvalue weighted by molar-refractivity contribution is 5.83. The Kier molecular flexibility index (Phi) is 4.73. The van der Waals surface area contributed by atoms with Gasteiger partial charge in [0, 0.05) is 26.2 Å². The first-order chi connectivity index (χ1) is 13.1. The molecule has 0 spiro atoms. The predicted octanol–water partition coefficient (Wildman–Crippen LogP) is 2.98. The summed E-state index contributed by atoms with van der Waals surface area (Å²) in [5, 5.41) is 0.266. The molecule has 2 heterocycles. The van der Waals surface area contributed by atoms with Gasteiger partial charge in [-0.1, -0.05) is 36.4 Å². The maximum atomic E-state index is 14.6. The first-order valence-electron chi connectivity index (χ1n) is 9.00. The second-order valence-corrected chi connectivity index (χ2v) is 6.81. The summed E-state index contributed by atoms with van der Waals surface area (Å²) in [6.07, 6.45) is 3.64. The number of aromatic amines is 1. The second-order valence-electron chi connectivity index (χ2n) is 6.81. The summed E-state index contributed by atoms with van der Waals surface area (Å²) in [6, 6.07) is 12.8. The van der Waals surface area contributed by atoms with Gasteiger partial charge in [-0.3, -0.25) is 4.79 Å². The van der Waals surface area contributed by atoms with Crippen LogP contribution in [0.2, 0.25) is 0 Å². The monoisotopic (exact) mass is 364 g/mol. The molecule has 0 unspecified atom stereocenters. The Hall–Kier alpha value is -2.99. The Morgan fingerprint density at radius 3 is 2.56 bits per heavy atom. The van der Waals surface area contributed by atoms with E-state index in [2.05, 4.69) is 21.9 Å². The molecule has 3 aromatic rings. The van der Waals surface area contributed by atoms with Crippen molar-refractivity contribution in [3.05, 3.63) is 70.0 Å². The topological polar surface area (TPSA) is 52.2 Å². The molecule has 0 amide bonds. The van der Waals surface area contributed by atoms with E-state index in [4.69, 9.17) is 0 Å². The van der Waals surface area contributed by atoms with Gasteiger partial charge in [-0.2, -0.15) is 0 Å². The average Bonchev–Trinajstić information content (AvgIpc) is 2.68. The Morgan fingerprint density at radius 2 is 1.81 bits per heavy atom. The highest BCUT2D eigenvalue weighted by Crippen LogP contribution is 2.24. The number of rotatable bonds is 3. The van der Waals surface area contributed by atoms with Gasteiger partial charge < -0.3 is 14.8 Å². The number of H-pyrrole nitrogens is 1. The maximum Gasteiger partial charge on any atom is 0.259 e. The van der Waals surface area contributed by atoms with Crippen molar-refractivity contribution in [2.45, 2.75) is 0 Å². The van der Waals surface area contributed by atoms with Crippen molar-refractivity contribution in [1.29, 1.82) is 0 Å². The summed E-state index contributed by atoms with van der Waals surface area (Å²) in [7, 11) is 2.06. The Bertz CT molecular complexity index is 1040. The molecule has 1 aliphatic heterocycles. The SMILES string of the molecule is CN1CCN(c2cc3nc(/C=C/c4ccccc4)[nH]c(=O)c3cc2F)CC1. The van der Waals surface area contributed by atoms with E-state index in [-0.39, 0.29) is 16.8 Å². The number of benzene rings is 2. The van der Waals surface area contributed by atoms with Gasteiger partial charge >= 0.3 is 0 Å². The minimum absolute atomic E-state index is 0.266. The summed E-state index contributed by atoms with van der Waals surface area (Å²) < 4.78 is 14.6. The summed E-state index contributed by atoms with van der Waals surface area (Å²) in [6.45, 7) is 3.27. The Labute approximate surface area is 156 Å². The lowest BCUT2D eigenvalue weighted by molar-refractivity contribution is 0.312. The summed E-state index contributed by atoms with van der Waals surface area (Å²) in [5.41, 5.74) is 1.68. The standard InChI is InChI=1S/C21H21FN4O/c1-25-9-11-26(12-10-25)19-14-18-16(13-17(19)22)21(27)24-20(23-18)8-7-15-5-3-2-4-6-15/h2-8,13-14H,9-12H2,1H3,(H,23,24,27)/b8-7+. The zero-order chi connectivity index (χ0) is 18.8. The highest BCUT2D eigenvalue weighted by Gasteiger charge is 2.19. The number of hydrogen-bond acceptors (Lipinski definition) is 4. The van der Waals surface area contributed by atoms with Gasteiger partial charge in [0.2, 0.25) is 0 Å². The number of anilines is 1. The van der Waals surface area contributed by atoms with E-state index >= 15 is 0 Å². The van der Waals surface area contributed by atoms with E-state index in [1.54, 1.807) is 12.1 Å². The van der Waals surface area contributed by atoms with Crippen LogP contribution in [-0.4, -0.2) is 48.1 Å². The molecule has 138 valence electrons. The van der Waals surface area contributed by atoms with Crippen LogP contribution in [0, 0.1) is 5.82 Å². The lowest BCUT2D eigenvalue weighted by atomic mass is 10.1. The van der Waals surface area contributed by atoms with Gasteiger partial charge in [-0.05, 0) is 30.8 Å². The number of nitrogens with zero attached hydrogens (tertiary/aromatic N) is 3. The van der Waals surface area contributed by atoms with Crippen molar-refractivity contribution in [3.8, 4) is 0 Å². The Balaban J connectivity index is 1.71. The van der Waals surface area contributed by atoms with E-state index in [1.807, 2.05) is 41.3 Å². The Morgan fingerprint density at radius 1 is 1.07 bits per heavy atom. The third-order valence-electron chi connectivity index (χ3n) is 4.87. The van der Waals surface area contributed by atoms with Gasteiger partial charge in [0.1, 0.15) is 11.6 Å². The van der Waals surface area contributed by atoms with Crippen molar-refractivity contribution in [3.63, 3.8) is 0 Å². The zero-order valence-electron chi connectivity index (χ0n) is 15.2. The minimum Gasteiger partial charge on any atom is -0.367 e. The molecule has 0 atom stereocenters. The molecule has 6 heteroatoms. The number of likely N-dealkylation sites (N-methyl/N-ethyl adjacent to an activating group) is 1. The molecule has 5 nitrogen and oxygen atoms in total. The summed E-state index contributed by atoms with van der Waals surface area (Å²) in [4.78, 5) is 23.8. The van der Waals surface area contributed by atoms with E-state index in [1.165, 1.54) is 6.07 Å². The molecule has 0 aliphatic carbocycles. The molecule has 0 bridgehead atoms. The number of nitrogens with one attached hydrogen (secondary N) is 1. The number of hydrogen-bond donors (Lipinski definition) is 1. The lowest BCUT2D eigenvalue weighted by Crippen LogP contribution is -2.44. The minimum atomic E-state index is -0.382. The fourth-order valence-electron chi connectivity index (χ4n) is 3.27. The number of piperazine rings is 1. The molecule has 1 fully saturated rings. The van der Waals surface area contributed by atoms with Gasteiger partial charge in [0.15, 0.2) is 0 Å². The third kappa shape index (κ3) is 3.75. The maximum absolute atomic E-state index is 14.6. The molecule has 0 radical (unpaired) electrons. The van der Waals surface area contributed by atoms with Crippen LogP contribution in [0.15, 0.2) is 47.3 Å². The average molecular weight is 364 g/mol. The van der Waals surface area contributed by atoms with Gasteiger partial charge in [0.05, 0.1) is 16.6 Å². The molecule has 4 rings (SSSR count). The second kappa shape index (κ2) is 7.32.